The largest absolute Gasteiger partial charge is 0.419 e. The predicted molar refractivity (Wildman–Crippen MR) is 68.2 cm³/mol. The molecule has 2 rings (SSSR count). The van der Waals surface area contributed by atoms with Gasteiger partial charge in [0.05, 0.1) is 22.9 Å². The summed E-state index contributed by atoms with van der Waals surface area (Å²) < 4.78 is 39.1. The van der Waals surface area contributed by atoms with Gasteiger partial charge in [-0.25, -0.2) is 0 Å². The molecule has 1 aliphatic rings. The SMILES string of the molecule is Cl.N#Cc1cccc(N2CCC(N)C2)c1C(F)(F)F. The van der Waals surface area contributed by atoms with Gasteiger partial charge in [-0.15, -0.1) is 12.4 Å². The second-order valence-electron chi connectivity index (χ2n) is 4.30. The molecule has 3 nitrogen and oxygen atoms in total. The van der Waals surface area contributed by atoms with Crippen LogP contribution >= 0.6 is 12.4 Å². The smallest absolute Gasteiger partial charge is 0.369 e. The quantitative estimate of drug-likeness (QED) is 0.865. The van der Waals surface area contributed by atoms with E-state index in [1.165, 1.54) is 18.2 Å². The first-order chi connectivity index (χ1) is 8.43. The van der Waals surface area contributed by atoms with Crippen molar-refractivity contribution in [1.29, 1.82) is 5.26 Å². The Morgan fingerprint density at radius 2 is 2.05 bits per heavy atom. The van der Waals surface area contributed by atoms with Gasteiger partial charge in [0, 0.05) is 19.1 Å². The summed E-state index contributed by atoms with van der Waals surface area (Å²) in [5, 5.41) is 8.81. The van der Waals surface area contributed by atoms with Crippen LogP contribution in [0.2, 0.25) is 0 Å². The van der Waals surface area contributed by atoms with Crippen molar-refractivity contribution in [3.63, 3.8) is 0 Å². The van der Waals surface area contributed by atoms with Crippen LogP contribution in [0.4, 0.5) is 18.9 Å². The highest BCUT2D eigenvalue weighted by molar-refractivity contribution is 5.85. The predicted octanol–water partition coefficient (Wildman–Crippen LogP) is 2.54. The summed E-state index contributed by atoms with van der Waals surface area (Å²) in [5.74, 6) is 0. The van der Waals surface area contributed by atoms with Crippen LogP contribution in [-0.4, -0.2) is 19.1 Å². The molecule has 1 fully saturated rings. The summed E-state index contributed by atoms with van der Waals surface area (Å²) in [7, 11) is 0. The molecule has 1 unspecified atom stereocenters. The second-order valence-corrected chi connectivity index (χ2v) is 4.30. The van der Waals surface area contributed by atoms with Crippen molar-refractivity contribution in [3.05, 3.63) is 29.3 Å². The first-order valence-corrected chi connectivity index (χ1v) is 5.54. The number of anilines is 1. The molecule has 0 saturated carbocycles. The van der Waals surface area contributed by atoms with Crippen molar-refractivity contribution in [2.45, 2.75) is 18.6 Å². The number of hydrogen-bond acceptors (Lipinski definition) is 3. The minimum absolute atomic E-state index is 0. The Morgan fingerprint density at radius 3 is 2.53 bits per heavy atom. The van der Waals surface area contributed by atoms with Crippen LogP contribution in [-0.2, 0) is 6.18 Å². The van der Waals surface area contributed by atoms with Crippen molar-refractivity contribution < 1.29 is 13.2 Å². The van der Waals surface area contributed by atoms with Gasteiger partial charge in [-0.3, -0.25) is 0 Å². The Balaban J connectivity index is 0.00000180. The number of nitrogens with two attached hydrogens (primary N) is 1. The molecule has 1 aromatic carbocycles. The highest BCUT2D eigenvalue weighted by Gasteiger charge is 2.38. The first-order valence-electron chi connectivity index (χ1n) is 5.54. The van der Waals surface area contributed by atoms with Crippen molar-refractivity contribution in [1.82, 2.24) is 0 Å². The molecule has 1 aromatic rings. The standard InChI is InChI=1S/C12H12F3N3.ClH/c13-12(14,15)11-8(6-16)2-1-3-10(11)18-5-4-9(17)7-18;/h1-3,9H,4-5,7,17H2;1H. The van der Waals surface area contributed by atoms with E-state index in [2.05, 4.69) is 0 Å². The Kier molecular flexibility index (Phi) is 4.66. The average Bonchev–Trinajstić information content (AvgIpc) is 2.73. The molecule has 19 heavy (non-hydrogen) atoms. The van der Waals surface area contributed by atoms with Crippen molar-refractivity contribution in [3.8, 4) is 6.07 Å². The maximum absolute atomic E-state index is 13.0. The van der Waals surface area contributed by atoms with Gasteiger partial charge in [0.1, 0.15) is 0 Å². The second kappa shape index (κ2) is 5.68. The van der Waals surface area contributed by atoms with E-state index in [0.717, 1.165) is 0 Å². The summed E-state index contributed by atoms with van der Waals surface area (Å²) in [6.07, 6.45) is -3.87. The van der Waals surface area contributed by atoms with Gasteiger partial charge in [0.15, 0.2) is 0 Å². The normalized spacial score (nSPS) is 18.9. The van der Waals surface area contributed by atoms with Crippen molar-refractivity contribution >= 4 is 18.1 Å². The van der Waals surface area contributed by atoms with Gasteiger partial charge in [0.2, 0.25) is 0 Å². The molecule has 0 bridgehead atoms. The molecular weight excluding hydrogens is 279 g/mol. The minimum Gasteiger partial charge on any atom is -0.369 e. The highest BCUT2D eigenvalue weighted by atomic mass is 35.5. The zero-order valence-corrected chi connectivity index (χ0v) is 10.8. The fourth-order valence-electron chi connectivity index (χ4n) is 2.20. The van der Waals surface area contributed by atoms with Gasteiger partial charge < -0.3 is 10.6 Å². The topological polar surface area (TPSA) is 53.0 Å². The van der Waals surface area contributed by atoms with E-state index in [4.69, 9.17) is 11.0 Å². The molecule has 0 aromatic heterocycles. The average molecular weight is 292 g/mol. The van der Waals surface area contributed by atoms with Gasteiger partial charge in [-0.2, -0.15) is 18.4 Å². The fraction of sp³-hybridized carbons (Fsp3) is 0.417. The van der Waals surface area contributed by atoms with Crippen LogP contribution < -0.4 is 10.6 Å². The molecule has 2 N–H and O–H groups in total. The van der Waals surface area contributed by atoms with E-state index in [1.54, 1.807) is 11.0 Å². The van der Waals surface area contributed by atoms with E-state index < -0.39 is 11.7 Å². The third-order valence-corrected chi connectivity index (χ3v) is 3.01. The van der Waals surface area contributed by atoms with E-state index >= 15 is 0 Å². The first kappa shape index (κ1) is 15.6. The molecular formula is C12H13ClF3N3. The molecule has 0 aliphatic carbocycles. The third-order valence-electron chi connectivity index (χ3n) is 3.01. The summed E-state index contributed by atoms with van der Waals surface area (Å²) in [6.45, 7) is 0.872. The molecule has 0 radical (unpaired) electrons. The van der Waals surface area contributed by atoms with E-state index in [0.29, 0.717) is 19.5 Å². The summed E-state index contributed by atoms with van der Waals surface area (Å²) in [5.41, 5.74) is 4.55. The number of hydrogen-bond donors (Lipinski definition) is 1. The molecule has 7 heteroatoms. The Labute approximate surface area is 115 Å². The third kappa shape index (κ3) is 3.11. The van der Waals surface area contributed by atoms with E-state index in [-0.39, 0.29) is 29.7 Å². The summed E-state index contributed by atoms with van der Waals surface area (Å²) in [4.78, 5) is 1.59. The van der Waals surface area contributed by atoms with Crippen LogP contribution in [0, 0.1) is 11.3 Å². The lowest BCUT2D eigenvalue weighted by molar-refractivity contribution is -0.137. The lowest BCUT2D eigenvalue weighted by atomic mass is 10.0. The lowest BCUT2D eigenvalue weighted by Crippen LogP contribution is -2.28. The summed E-state index contributed by atoms with van der Waals surface area (Å²) in [6, 6.07) is 5.52. The molecule has 1 atom stereocenters. The van der Waals surface area contributed by atoms with Crippen LogP contribution in [0.3, 0.4) is 0 Å². The molecule has 1 aliphatic heterocycles. The molecule has 104 valence electrons. The molecule has 0 amide bonds. The minimum atomic E-state index is -4.53. The van der Waals surface area contributed by atoms with Gasteiger partial charge in [-0.05, 0) is 18.6 Å². The highest BCUT2D eigenvalue weighted by Crippen LogP contribution is 2.39. The van der Waals surface area contributed by atoms with Crippen molar-refractivity contribution in [2.24, 2.45) is 5.73 Å². The summed E-state index contributed by atoms with van der Waals surface area (Å²) >= 11 is 0. The fourth-order valence-corrected chi connectivity index (χ4v) is 2.20. The number of nitrogens with zero attached hydrogens (tertiary/aromatic N) is 2. The van der Waals surface area contributed by atoms with Crippen LogP contribution in [0.25, 0.3) is 0 Å². The maximum Gasteiger partial charge on any atom is 0.419 e. The van der Waals surface area contributed by atoms with E-state index in [9.17, 15) is 13.2 Å². The Bertz CT molecular complexity index is 496. The van der Waals surface area contributed by atoms with Crippen LogP contribution in [0.5, 0.6) is 0 Å². The number of halogens is 4. The number of alkyl halides is 3. The maximum atomic E-state index is 13.0. The van der Waals surface area contributed by atoms with Gasteiger partial charge in [-0.1, -0.05) is 6.07 Å². The Morgan fingerprint density at radius 1 is 1.37 bits per heavy atom. The molecule has 0 spiro atoms. The number of benzene rings is 1. The van der Waals surface area contributed by atoms with E-state index in [1.807, 2.05) is 0 Å². The number of nitriles is 1. The zero-order chi connectivity index (χ0) is 13.3. The zero-order valence-electron chi connectivity index (χ0n) is 9.94. The van der Waals surface area contributed by atoms with Gasteiger partial charge >= 0.3 is 6.18 Å². The Hall–Kier alpha value is -1.45. The monoisotopic (exact) mass is 291 g/mol. The van der Waals surface area contributed by atoms with Gasteiger partial charge in [0.25, 0.3) is 0 Å². The number of rotatable bonds is 1. The van der Waals surface area contributed by atoms with Crippen molar-refractivity contribution in [2.75, 3.05) is 18.0 Å². The van der Waals surface area contributed by atoms with Crippen LogP contribution in [0.15, 0.2) is 18.2 Å². The molecule has 1 heterocycles. The lowest BCUT2D eigenvalue weighted by Gasteiger charge is -2.23. The van der Waals surface area contributed by atoms with Crippen LogP contribution in [0.1, 0.15) is 17.5 Å². The molecule has 1 saturated heterocycles.